The van der Waals surface area contributed by atoms with Gasteiger partial charge in [0, 0.05) is 12.6 Å². The molecule has 1 aliphatic rings. The highest BCUT2D eigenvalue weighted by Gasteiger charge is 2.19. The summed E-state index contributed by atoms with van der Waals surface area (Å²) in [4.78, 5) is 22.7. The van der Waals surface area contributed by atoms with Gasteiger partial charge in [-0.2, -0.15) is 0 Å². The molecule has 1 atom stereocenters. The van der Waals surface area contributed by atoms with E-state index in [1.54, 1.807) is 20.8 Å². The molecule has 17 heavy (non-hydrogen) atoms. The van der Waals surface area contributed by atoms with Crippen LogP contribution in [0.5, 0.6) is 0 Å². The topological polar surface area (TPSA) is 79.5 Å². The van der Waals surface area contributed by atoms with Crippen LogP contribution >= 0.6 is 0 Å². The molecule has 6 nitrogen and oxygen atoms in total. The number of ether oxygens (including phenoxy) is 1. The molecule has 3 N–H and O–H groups in total. The molecule has 1 rings (SSSR count). The molecule has 1 fully saturated rings. The first-order chi connectivity index (χ1) is 7.87. The average Bonchev–Trinajstić information content (AvgIpc) is 2.64. The lowest BCUT2D eigenvalue weighted by atomic mass is 10.2. The second-order valence-electron chi connectivity index (χ2n) is 5.11. The smallest absolute Gasteiger partial charge is 0.408 e. The fraction of sp³-hybridized carbons (Fsp3) is 0.818. The summed E-state index contributed by atoms with van der Waals surface area (Å²) in [6, 6.07) is 0.169. The molecule has 0 aromatic carbocycles. The minimum Gasteiger partial charge on any atom is -0.444 e. The molecular formula is C11H21N3O3. The second-order valence-corrected chi connectivity index (χ2v) is 5.11. The van der Waals surface area contributed by atoms with Gasteiger partial charge in [-0.05, 0) is 33.7 Å². The molecule has 0 radical (unpaired) electrons. The fourth-order valence-electron chi connectivity index (χ4n) is 1.52. The standard InChI is InChI=1S/C11H21N3O3/c1-11(2,3)17-10(16)13-7-9(15)14-8-4-5-12-6-8/h8,12H,4-7H2,1-3H3,(H,13,16)(H,14,15). The van der Waals surface area contributed by atoms with E-state index in [1.165, 1.54) is 0 Å². The quantitative estimate of drug-likeness (QED) is 0.651. The third-order valence-electron chi connectivity index (χ3n) is 2.22. The van der Waals surface area contributed by atoms with E-state index in [0.29, 0.717) is 0 Å². The lowest BCUT2D eigenvalue weighted by Crippen LogP contribution is -2.43. The number of alkyl carbamates (subject to hydrolysis) is 1. The van der Waals surface area contributed by atoms with Crippen molar-refractivity contribution in [2.45, 2.75) is 38.8 Å². The van der Waals surface area contributed by atoms with E-state index in [4.69, 9.17) is 4.74 Å². The van der Waals surface area contributed by atoms with Crippen molar-refractivity contribution in [3.63, 3.8) is 0 Å². The minimum absolute atomic E-state index is 0.0502. The maximum Gasteiger partial charge on any atom is 0.408 e. The Balaban J connectivity index is 2.16. The van der Waals surface area contributed by atoms with Crippen molar-refractivity contribution in [2.75, 3.05) is 19.6 Å². The van der Waals surface area contributed by atoms with Crippen molar-refractivity contribution in [1.29, 1.82) is 0 Å². The van der Waals surface area contributed by atoms with Crippen LogP contribution in [-0.4, -0.2) is 43.3 Å². The van der Waals surface area contributed by atoms with Gasteiger partial charge in [0.2, 0.25) is 5.91 Å². The van der Waals surface area contributed by atoms with E-state index in [9.17, 15) is 9.59 Å². The summed E-state index contributed by atoms with van der Waals surface area (Å²) in [6.45, 7) is 6.98. The molecule has 1 saturated heterocycles. The molecule has 0 aliphatic carbocycles. The van der Waals surface area contributed by atoms with Gasteiger partial charge in [0.05, 0.1) is 0 Å². The Bertz CT molecular complexity index is 280. The van der Waals surface area contributed by atoms with E-state index >= 15 is 0 Å². The van der Waals surface area contributed by atoms with Crippen molar-refractivity contribution in [3.05, 3.63) is 0 Å². The molecule has 0 aromatic rings. The first-order valence-corrected chi connectivity index (χ1v) is 5.84. The lowest BCUT2D eigenvalue weighted by molar-refractivity contribution is -0.120. The number of nitrogens with one attached hydrogen (secondary N) is 3. The molecule has 1 aliphatic heterocycles. The summed E-state index contributed by atoms with van der Waals surface area (Å²) in [5, 5.41) is 8.39. The summed E-state index contributed by atoms with van der Waals surface area (Å²) >= 11 is 0. The van der Waals surface area contributed by atoms with Gasteiger partial charge in [-0.3, -0.25) is 4.79 Å². The number of hydrogen-bond donors (Lipinski definition) is 3. The molecule has 1 heterocycles. The van der Waals surface area contributed by atoms with Gasteiger partial charge in [-0.1, -0.05) is 0 Å². The van der Waals surface area contributed by atoms with E-state index < -0.39 is 11.7 Å². The monoisotopic (exact) mass is 243 g/mol. The fourth-order valence-corrected chi connectivity index (χ4v) is 1.52. The number of rotatable bonds is 3. The van der Waals surface area contributed by atoms with Crippen LogP contribution < -0.4 is 16.0 Å². The Morgan fingerprint density at radius 3 is 2.65 bits per heavy atom. The Morgan fingerprint density at radius 1 is 1.41 bits per heavy atom. The van der Waals surface area contributed by atoms with Gasteiger partial charge in [0.15, 0.2) is 0 Å². The summed E-state index contributed by atoms with van der Waals surface area (Å²) in [7, 11) is 0. The van der Waals surface area contributed by atoms with E-state index in [-0.39, 0.29) is 18.5 Å². The van der Waals surface area contributed by atoms with Crippen LogP contribution in [0.3, 0.4) is 0 Å². The number of carbonyl (C=O) groups is 2. The second kappa shape index (κ2) is 5.86. The van der Waals surface area contributed by atoms with Crippen LogP contribution in [0, 0.1) is 0 Å². The SMILES string of the molecule is CC(C)(C)OC(=O)NCC(=O)NC1CCNC1. The summed E-state index contributed by atoms with van der Waals surface area (Å²) in [5.41, 5.74) is -0.546. The summed E-state index contributed by atoms with van der Waals surface area (Å²) in [6.07, 6.45) is 0.357. The Kier molecular flexibility index (Phi) is 4.74. The molecular weight excluding hydrogens is 222 g/mol. The van der Waals surface area contributed by atoms with Crippen LogP contribution in [0.15, 0.2) is 0 Å². The third-order valence-corrected chi connectivity index (χ3v) is 2.22. The van der Waals surface area contributed by atoms with E-state index in [1.807, 2.05) is 0 Å². The molecule has 2 amide bonds. The van der Waals surface area contributed by atoms with Gasteiger partial charge < -0.3 is 20.7 Å². The molecule has 0 bridgehead atoms. The molecule has 0 aromatic heterocycles. The Hall–Kier alpha value is -1.30. The minimum atomic E-state index is -0.572. The van der Waals surface area contributed by atoms with E-state index in [0.717, 1.165) is 19.5 Å². The third kappa shape index (κ3) is 6.11. The maximum atomic E-state index is 11.5. The predicted octanol–water partition coefficient (Wildman–Crippen LogP) is -0.0108. The van der Waals surface area contributed by atoms with Crippen LogP contribution in [0.2, 0.25) is 0 Å². The number of carbonyl (C=O) groups excluding carboxylic acids is 2. The molecule has 98 valence electrons. The van der Waals surface area contributed by atoms with Crippen LogP contribution in [0.4, 0.5) is 4.79 Å². The zero-order chi connectivity index (χ0) is 12.9. The van der Waals surface area contributed by atoms with Gasteiger partial charge in [-0.15, -0.1) is 0 Å². The summed E-state index contributed by atoms with van der Waals surface area (Å²) in [5.74, 6) is -0.190. The lowest BCUT2D eigenvalue weighted by Gasteiger charge is -2.19. The zero-order valence-electron chi connectivity index (χ0n) is 10.6. The molecule has 1 unspecified atom stereocenters. The molecule has 0 spiro atoms. The van der Waals surface area contributed by atoms with Crippen molar-refractivity contribution in [2.24, 2.45) is 0 Å². The first kappa shape index (κ1) is 13.8. The van der Waals surface area contributed by atoms with E-state index in [2.05, 4.69) is 16.0 Å². The highest BCUT2D eigenvalue weighted by molar-refractivity contribution is 5.82. The Morgan fingerprint density at radius 2 is 2.12 bits per heavy atom. The maximum absolute atomic E-state index is 11.5. The highest BCUT2D eigenvalue weighted by Crippen LogP contribution is 2.06. The van der Waals surface area contributed by atoms with Crippen molar-refractivity contribution in [3.8, 4) is 0 Å². The van der Waals surface area contributed by atoms with Gasteiger partial charge in [-0.25, -0.2) is 4.79 Å². The van der Waals surface area contributed by atoms with Gasteiger partial charge >= 0.3 is 6.09 Å². The van der Waals surface area contributed by atoms with Gasteiger partial charge in [0.25, 0.3) is 0 Å². The summed E-state index contributed by atoms with van der Waals surface area (Å²) < 4.78 is 5.02. The molecule has 0 saturated carbocycles. The number of amides is 2. The van der Waals surface area contributed by atoms with Crippen LogP contribution in [-0.2, 0) is 9.53 Å². The number of hydrogen-bond acceptors (Lipinski definition) is 4. The van der Waals surface area contributed by atoms with Crippen molar-refractivity contribution < 1.29 is 14.3 Å². The normalized spacial score (nSPS) is 19.8. The highest BCUT2D eigenvalue weighted by atomic mass is 16.6. The van der Waals surface area contributed by atoms with Gasteiger partial charge in [0.1, 0.15) is 12.1 Å². The Labute approximate surface area is 101 Å². The van der Waals surface area contributed by atoms with Crippen LogP contribution in [0.1, 0.15) is 27.2 Å². The predicted molar refractivity (Wildman–Crippen MR) is 63.7 cm³/mol. The van der Waals surface area contributed by atoms with Crippen molar-refractivity contribution >= 4 is 12.0 Å². The largest absolute Gasteiger partial charge is 0.444 e. The zero-order valence-corrected chi connectivity index (χ0v) is 10.6. The molecule has 6 heteroatoms. The average molecular weight is 243 g/mol. The first-order valence-electron chi connectivity index (χ1n) is 5.84. The van der Waals surface area contributed by atoms with Crippen LogP contribution in [0.25, 0.3) is 0 Å². The van der Waals surface area contributed by atoms with Crippen molar-refractivity contribution in [1.82, 2.24) is 16.0 Å².